The van der Waals surface area contributed by atoms with Crippen molar-refractivity contribution in [2.24, 2.45) is 0 Å². The maximum absolute atomic E-state index is 13.4. The summed E-state index contributed by atoms with van der Waals surface area (Å²) in [6.45, 7) is 0.207. The second kappa shape index (κ2) is 8.97. The predicted octanol–water partition coefficient (Wildman–Crippen LogP) is 4.08. The third-order valence-electron chi connectivity index (χ3n) is 4.55. The lowest BCUT2D eigenvalue weighted by molar-refractivity contribution is 0.0940. The van der Waals surface area contributed by atoms with Crippen LogP contribution >= 0.6 is 11.3 Å². The van der Waals surface area contributed by atoms with Crippen LogP contribution in [0.4, 0.5) is 4.39 Å². The SMILES string of the molecule is COc1cccc(CNC(=O)c2nc(-c3cccs3)n(-c3ccc(F)cc3)n2)c1OC. The van der Waals surface area contributed by atoms with Gasteiger partial charge in [-0.25, -0.2) is 14.1 Å². The number of nitrogens with zero attached hydrogens (tertiary/aromatic N) is 3. The number of methoxy groups -OCH3 is 2. The Balaban J connectivity index is 1.62. The third-order valence-corrected chi connectivity index (χ3v) is 5.41. The van der Waals surface area contributed by atoms with Crippen LogP contribution in [0.5, 0.6) is 11.5 Å². The first-order valence-electron chi connectivity index (χ1n) is 9.35. The van der Waals surface area contributed by atoms with Gasteiger partial charge in [0.1, 0.15) is 5.82 Å². The van der Waals surface area contributed by atoms with Crippen molar-refractivity contribution in [3.8, 4) is 27.9 Å². The molecule has 4 aromatic rings. The van der Waals surface area contributed by atoms with Crippen molar-refractivity contribution in [1.29, 1.82) is 0 Å². The largest absolute Gasteiger partial charge is 0.493 e. The molecule has 0 spiro atoms. The van der Waals surface area contributed by atoms with Gasteiger partial charge < -0.3 is 14.8 Å². The van der Waals surface area contributed by atoms with Gasteiger partial charge in [0.25, 0.3) is 5.91 Å². The van der Waals surface area contributed by atoms with Crippen LogP contribution in [0.2, 0.25) is 0 Å². The molecule has 7 nitrogen and oxygen atoms in total. The number of para-hydroxylation sites is 1. The van der Waals surface area contributed by atoms with Crippen molar-refractivity contribution in [2.75, 3.05) is 14.2 Å². The van der Waals surface area contributed by atoms with E-state index in [0.29, 0.717) is 23.0 Å². The number of rotatable bonds is 7. The number of nitrogens with one attached hydrogen (secondary N) is 1. The van der Waals surface area contributed by atoms with Crippen molar-refractivity contribution >= 4 is 17.2 Å². The lowest BCUT2D eigenvalue weighted by atomic mass is 10.2. The highest BCUT2D eigenvalue weighted by molar-refractivity contribution is 7.13. The zero-order valence-electron chi connectivity index (χ0n) is 16.8. The summed E-state index contributed by atoms with van der Waals surface area (Å²) in [5.74, 6) is 0.845. The maximum Gasteiger partial charge on any atom is 0.291 e. The summed E-state index contributed by atoms with van der Waals surface area (Å²) >= 11 is 1.47. The van der Waals surface area contributed by atoms with E-state index in [1.807, 2.05) is 29.6 Å². The smallest absolute Gasteiger partial charge is 0.291 e. The summed E-state index contributed by atoms with van der Waals surface area (Å²) in [5.41, 5.74) is 1.36. The Hall–Kier alpha value is -3.72. The molecule has 0 bridgehead atoms. The highest BCUT2D eigenvalue weighted by Crippen LogP contribution is 2.30. The normalized spacial score (nSPS) is 10.7. The van der Waals surface area contributed by atoms with E-state index >= 15 is 0 Å². The second-order valence-corrected chi connectivity index (χ2v) is 7.41. The van der Waals surface area contributed by atoms with E-state index in [1.54, 1.807) is 32.4 Å². The molecule has 0 saturated heterocycles. The van der Waals surface area contributed by atoms with Gasteiger partial charge in [-0.3, -0.25) is 4.79 Å². The van der Waals surface area contributed by atoms with E-state index < -0.39 is 5.91 Å². The molecule has 0 fully saturated rings. The van der Waals surface area contributed by atoms with Gasteiger partial charge in [-0.15, -0.1) is 16.4 Å². The van der Waals surface area contributed by atoms with Crippen LogP contribution in [-0.2, 0) is 6.54 Å². The van der Waals surface area contributed by atoms with Crippen LogP contribution in [0, 0.1) is 5.82 Å². The van der Waals surface area contributed by atoms with Crippen molar-refractivity contribution in [1.82, 2.24) is 20.1 Å². The number of amides is 1. The molecule has 0 aliphatic rings. The first-order valence-corrected chi connectivity index (χ1v) is 10.2. The molecule has 0 aliphatic heterocycles. The maximum atomic E-state index is 13.4. The van der Waals surface area contributed by atoms with Crippen LogP contribution in [0.3, 0.4) is 0 Å². The summed E-state index contributed by atoms with van der Waals surface area (Å²) in [5, 5.41) is 9.11. The fourth-order valence-electron chi connectivity index (χ4n) is 3.08. The van der Waals surface area contributed by atoms with Gasteiger partial charge in [-0.1, -0.05) is 18.2 Å². The van der Waals surface area contributed by atoms with Gasteiger partial charge in [0.05, 0.1) is 24.8 Å². The fraction of sp³-hybridized carbons (Fsp3) is 0.136. The van der Waals surface area contributed by atoms with Crippen LogP contribution in [-0.4, -0.2) is 34.9 Å². The van der Waals surface area contributed by atoms with Crippen molar-refractivity contribution < 1.29 is 18.7 Å². The standard InChI is InChI=1S/C22H19FN4O3S/c1-29-17-6-3-5-14(19(17)30-2)13-24-22(28)20-25-21(18-7-4-12-31-18)27(26-20)16-10-8-15(23)9-11-16/h3-12H,13H2,1-2H3,(H,24,28). The minimum absolute atomic E-state index is 0.00888. The number of ether oxygens (including phenoxy) is 2. The lowest BCUT2D eigenvalue weighted by Crippen LogP contribution is -2.24. The zero-order valence-corrected chi connectivity index (χ0v) is 17.6. The van der Waals surface area contributed by atoms with E-state index in [-0.39, 0.29) is 18.2 Å². The predicted molar refractivity (Wildman–Crippen MR) is 115 cm³/mol. The quantitative estimate of drug-likeness (QED) is 0.470. The van der Waals surface area contributed by atoms with Gasteiger partial charge in [0.2, 0.25) is 5.82 Å². The Labute approximate surface area is 182 Å². The topological polar surface area (TPSA) is 78.3 Å². The molecule has 2 aromatic carbocycles. The van der Waals surface area contributed by atoms with E-state index in [0.717, 1.165) is 10.4 Å². The molecule has 0 atom stereocenters. The number of carbonyl (C=O) groups excluding carboxylic acids is 1. The zero-order chi connectivity index (χ0) is 21.8. The summed E-state index contributed by atoms with van der Waals surface area (Å²) < 4.78 is 25.6. The number of hydrogen-bond donors (Lipinski definition) is 1. The number of aromatic nitrogens is 3. The lowest BCUT2D eigenvalue weighted by Gasteiger charge is -2.12. The Morgan fingerprint density at radius 3 is 2.58 bits per heavy atom. The molecule has 2 heterocycles. The summed E-state index contributed by atoms with van der Waals surface area (Å²) in [6.07, 6.45) is 0. The fourth-order valence-corrected chi connectivity index (χ4v) is 3.78. The number of carbonyl (C=O) groups is 1. The molecule has 1 N–H and O–H groups in total. The molecule has 31 heavy (non-hydrogen) atoms. The molecule has 0 unspecified atom stereocenters. The van der Waals surface area contributed by atoms with Gasteiger partial charge >= 0.3 is 0 Å². The summed E-state index contributed by atoms with van der Waals surface area (Å²) in [4.78, 5) is 18.1. The van der Waals surface area contributed by atoms with Crippen LogP contribution in [0.25, 0.3) is 16.4 Å². The molecule has 0 aliphatic carbocycles. The van der Waals surface area contributed by atoms with E-state index in [9.17, 15) is 9.18 Å². The molecule has 0 saturated carbocycles. The molecule has 2 aromatic heterocycles. The molecular formula is C22H19FN4O3S. The highest BCUT2D eigenvalue weighted by Gasteiger charge is 2.20. The molecule has 1 amide bonds. The summed E-state index contributed by atoms with van der Waals surface area (Å²) in [7, 11) is 3.10. The highest BCUT2D eigenvalue weighted by atomic mass is 32.1. The Morgan fingerprint density at radius 1 is 1.10 bits per heavy atom. The van der Waals surface area contributed by atoms with E-state index in [2.05, 4.69) is 15.4 Å². The minimum atomic E-state index is -0.441. The first kappa shape index (κ1) is 20.5. The number of halogens is 1. The van der Waals surface area contributed by atoms with Crippen molar-refractivity contribution in [2.45, 2.75) is 6.54 Å². The number of benzene rings is 2. The number of hydrogen-bond acceptors (Lipinski definition) is 6. The average molecular weight is 438 g/mol. The minimum Gasteiger partial charge on any atom is -0.493 e. The van der Waals surface area contributed by atoms with Gasteiger partial charge in [-0.05, 0) is 41.8 Å². The molecule has 0 radical (unpaired) electrons. The van der Waals surface area contributed by atoms with Crippen LogP contribution in [0.15, 0.2) is 60.0 Å². The third kappa shape index (κ3) is 4.26. The van der Waals surface area contributed by atoms with Crippen molar-refractivity contribution in [3.05, 3.63) is 77.2 Å². The molecule has 158 valence electrons. The first-order chi connectivity index (χ1) is 15.1. The van der Waals surface area contributed by atoms with Crippen LogP contribution in [0.1, 0.15) is 16.2 Å². The second-order valence-electron chi connectivity index (χ2n) is 6.46. The van der Waals surface area contributed by atoms with Gasteiger partial charge in [0.15, 0.2) is 17.3 Å². The Bertz CT molecular complexity index is 1190. The Morgan fingerprint density at radius 2 is 1.90 bits per heavy atom. The van der Waals surface area contributed by atoms with E-state index in [1.165, 1.54) is 28.2 Å². The molecular weight excluding hydrogens is 419 g/mol. The number of thiophene rings is 1. The van der Waals surface area contributed by atoms with E-state index in [4.69, 9.17) is 9.47 Å². The van der Waals surface area contributed by atoms with Crippen LogP contribution < -0.4 is 14.8 Å². The average Bonchev–Trinajstić information content (AvgIpc) is 3.47. The van der Waals surface area contributed by atoms with Crippen molar-refractivity contribution in [3.63, 3.8) is 0 Å². The molecule has 4 rings (SSSR count). The molecule has 9 heteroatoms. The van der Waals surface area contributed by atoms with Gasteiger partial charge in [0, 0.05) is 12.1 Å². The monoisotopic (exact) mass is 438 g/mol. The summed E-state index contributed by atoms with van der Waals surface area (Å²) in [6, 6.07) is 15.1. The Kier molecular flexibility index (Phi) is 5.94. The van der Waals surface area contributed by atoms with Gasteiger partial charge in [-0.2, -0.15) is 0 Å².